The highest BCUT2D eigenvalue weighted by molar-refractivity contribution is 6.32. The van der Waals surface area contributed by atoms with Crippen molar-refractivity contribution in [1.29, 1.82) is 0 Å². The number of hydrogen-bond acceptors (Lipinski definition) is 3. The van der Waals surface area contributed by atoms with E-state index >= 15 is 0 Å². The van der Waals surface area contributed by atoms with Gasteiger partial charge in [0, 0.05) is 11.1 Å². The van der Waals surface area contributed by atoms with Crippen LogP contribution in [-0.4, -0.2) is 4.98 Å². The van der Waals surface area contributed by atoms with Crippen molar-refractivity contribution in [3.05, 3.63) is 82.4 Å². The number of fused-ring (bicyclic) bond motifs is 1. The molecular weight excluding hydrogens is 439 g/mol. The largest absolute Gasteiger partial charge is 0.487 e. The Kier molecular flexibility index (Phi) is 5.67. The lowest BCUT2D eigenvalue weighted by molar-refractivity contribution is -0.138. The molecule has 7 heteroatoms. The Bertz CT molecular complexity index is 1270. The summed E-state index contributed by atoms with van der Waals surface area (Å²) in [6.07, 6.45) is -4.46. The van der Waals surface area contributed by atoms with Gasteiger partial charge >= 0.3 is 6.18 Å². The van der Waals surface area contributed by atoms with E-state index in [0.29, 0.717) is 17.0 Å². The summed E-state index contributed by atoms with van der Waals surface area (Å²) in [4.78, 5) is 4.58. The lowest BCUT2D eigenvalue weighted by Gasteiger charge is -2.18. The number of nitrogens with zero attached hydrogens (tertiary/aromatic N) is 1. The second kappa shape index (κ2) is 8.17. The Hall–Kier alpha value is -2.99. The van der Waals surface area contributed by atoms with Crippen molar-refractivity contribution in [1.82, 2.24) is 4.98 Å². The standard InChI is InChI=1S/C25H21ClF3NO2/c1-24(2,3)17-9-11-21-20(13-17)30-23(32-21)15-8-10-19(26)22(12-15)31-14-16-6-4-5-7-18(16)25(27,28)29/h4-13H,14H2,1-3H3. The predicted octanol–water partition coefficient (Wildman–Crippen LogP) is 8.04. The van der Waals surface area contributed by atoms with E-state index in [-0.39, 0.29) is 28.4 Å². The highest BCUT2D eigenvalue weighted by Crippen LogP contribution is 2.35. The number of alkyl halides is 3. The summed E-state index contributed by atoms with van der Waals surface area (Å²) in [5.74, 6) is 0.627. The van der Waals surface area contributed by atoms with Crippen LogP contribution < -0.4 is 4.74 Å². The third-order valence-electron chi connectivity index (χ3n) is 5.14. The van der Waals surface area contributed by atoms with Crippen molar-refractivity contribution in [3.63, 3.8) is 0 Å². The summed E-state index contributed by atoms with van der Waals surface area (Å²) in [7, 11) is 0. The predicted molar refractivity (Wildman–Crippen MR) is 119 cm³/mol. The van der Waals surface area contributed by atoms with Gasteiger partial charge in [-0.1, -0.05) is 56.6 Å². The van der Waals surface area contributed by atoms with Gasteiger partial charge in [0.15, 0.2) is 5.58 Å². The van der Waals surface area contributed by atoms with Gasteiger partial charge in [-0.05, 0) is 47.4 Å². The second-order valence-corrected chi connectivity index (χ2v) is 8.95. The summed E-state index contributed by atoms with van der Waals surface area (Å²) < 4.78 is 51.3. The van der Waals surface area contributed by atoms with Crippen molar-refractivity contribution in [2.45, 2.75) is 39.0 Å². The zero-order valence-electron chi connectivity index (χ0n) is 17.8. The molecule has 0 aliphatic rings. The first-order chi connectivity index (χ1) is 15.0. The summed E-state index contributed by atoms with van der Waals surface area (Å²) in [6, 6.07) is 16.1. The summed E-state index contributed by atoms with van der Waals surface area (Å²) in [5.41, 5.74) is 2.38. The third kappa shape index (κ3) is 4.60. The fourth-order valence-corrected chi connectivity index (χ4v) is 3.51. The molecule has 0 radical (unpaired) electrons. The third-order valence-corrected chi connectivity index (χ3v) is 5.45. The van der Waals surface area contributed by atoms with Crippen molar-refractivity contribution in [3.8, 4) is 17.2 Å². The van der Waals surface area contributed by atoms with Crippen molar-refractivity contribution < 1.29 is 22.3 Å². The van der Waals surface area contributed by atoms with E-state index in [1.807, 2.05) is 18.2 Å². The topological polar surface area (TPSA) is 35.3 Å². The SMILES string of the molecule is CC(C)(C)c1ccc2oc(-c3ccc(Cl)c(OCc4ccccc4C(F)(F)F)c3)nc2c1. The number of halogens is 4. The van der Waals surface area contributed by atoms with Crippen LogP contribution in [-0.2, 0) is 18.2 Å². The van der Waals surface area contributed by atoms with Crippen molar-refractivity contribution >= 4 is 22.7 Å². The van der Waals surface area contributed by atoms with Gasteiger partial charge < -0.3 is 9.15 Å². The van der Waals surface area contributed by atoms with Crippen LogP contribution in [0.3, 0.4) is 0 Å². The van der Waals surface area contributed by atoms with Gasteiger partial charge in [0.1, 0.15) is 17.9 Å². The van der Waals surface area contributed by atoms with E-state index in [1.54, 1.807) is 18.2 Å². The normalized spacial score (nSPS) is 12.3. The molecule has 0 unspecified atom stereocenters. The fraction of sp³-hybridized carbons (Fsp3) is 0.240. The van der Waals surface area contributed by atoms with E-state index in [2.05, 4.69) is 25.8 Å². The van der Waals surface area contributed by atoms with Crippen LogP contribution >= 0.6 is 11.6 Å². The maximum Gasteiger partial charge on any atom is 0.416 e. The van der Waals surface area contributed by atoms with Crippen LogP contribution in [0.5, 0.6) is 5.75 Å². The Morgan fingerprint density at radius 2 is 1.72 bits per heavy atom. The summed E-state index contributed by atoms with van der Waals surface area (Å²) >= 11 is 6.23. The molecule has 32 heavy (non-hydrogen) atoms. The van der Waals surface area contributed by atoms with E-state index in [0.717, 1.165) is 17.1 Å². The highest BCUT2D eigenvalue weighted by atomic mass is 35.5. The van der Waals surface area contributed by atoms with Crippen molar-refractivity contribution in [2.24, 2.45) is 0 Å². The molecule has 0 fully saturated rings. The molecule has 4 rings (SSSR count). The Morgan fingerprint density at radius 1 is 0.969 bits per heavy atom. The number of aromatic nitrogens is 1. The van der Waals surface area contributed by atoms with Gasteiger partial charge in [-0.15, -0.1) is 0 Å². The molecule has 3 aromatic carbocycles. The molecular formula is C25H21ClF3NO2. The summed E-state index contributed by atoms with van der Waals surface area (Å²) in [6.45, 7) is 6.08. The minimum Gasteiger partial charge on any atom is -0.487 e. The highest BCUT2D eigenvalue weighted by Gasteiger charge is 2.33. The van der Waals surface area contributed by atoms with Crippen LogP contribution in [0.4, 0.5) is 13.2 Å². The van der Waals surface area contributed by atoms with E-state index in [9.17, 15) is 13.2 Å². The van der Waals surface area contributed by atoms with E-state index in [4.69, 9.17) is 20.8 Å². The number of oxazole rings is 1. The first-order valence-electron chi connectivity index (χ1n) is 10.0. The zero-order chi connectivity index (χ0) is 23.1. The smallest absolute Gasteiger partial charge is 0.416 e. The van der Waals surface area contributed by atoms with Crippen LogP contribution in [0.1, 0.15) is 37.5 Å². The molecule has 0 saturated carbocycles. The number of rotatable bonds is 4. The van der Waals surface area contributed by atoms with E-state index < -0.39 is 11.7 Å². The second-order valence-electron chi connectivity index (χ2n) is 8.54. The first kappa shape index (κ1) is 22.2. The molecule has 0 N–H and O–H groups in total. The average molecular weight is 460 g/mol. The molecule has 0 spiro atoms. The maximum absolute atomic E-state index is 13.2. The minimum absolute atomic E-state index is 0.0260. The maximum atomic E-state index is 13.2. The molecule has 1 aromatic heterocycles. The average Bonchev–Trinajstić information content (AvgIpc) is 3.15. The first-order valence-corrected chi connectivity index (χ1v) is 10.4. The monoisotopic (exact) mass is 459 g/mol. The molecule has 0 aliphatic heterocycles. The number of ether oxygens (including phenoxy) is 1. The number of benzene rings is 3. The Morgan fingerprint density at radius 3 is 2.44 bits per heavy atom. The van der Waals surface area contributed by atoms with Crippen LogP contribution in [0.2, 0.25) is 5.02 Å². The lowest BCUT2D eigenvalue weighted by Crippen LogP contribution is -2.10. The molecule has 0 amide bonds. The number of hydrogen-bond donors (Lipinski definition) is 0. The zero-order valence-corrected chi connectivity index (χ0v) is 18.5. The molecule has 3 nitrogen and oxygen atoms in total. The molecule has 4 aromatic rings. The fourth-order valence-electron chi connectivity index (χ4n) is 3.34. The van der Waals surface area contributed by atoms with Gasteiger partial charge in [-0.2, -0.15) is 13.2 Å². The quantitative estimate of drug-likeness (QED) is 0.309. The van der Waals surface area contributed by atoms with Crippen LogP contribution in [0.15, 0.2) is 65.1 Å². The van der Waals surface area contributed by atoms with Gasteiger partial charge in [0.05, 0.1) is 10.6 Å². The van der Waals surface area contributed by atoms with Gasteiger partial charge in [-0.25, -0.2) is 4.98 Å². The Balaban J connectivity index is 1.63. The van der Waals surface area contributed by atoms with Gasteiger partial charge in [-0.3, -0.25) is 0 Å². The minimum atomic E-state index is -4.46. The molecule has 0 bridgehead atoms. The summed E-state index contributed by atoms with van der Waals surface area (Å²) in [5, 5.41) is 0.282. The van der Waals surface area contributed by atoms with E-state index in [1.165, 1.54) is 18.2 Å². The Labute approximate surface area is 188 Å². The van der Waals surface area contributed by atoms with Gasteiger partial charge in [0.2, 0.25) is 5.89 Å². The molecule has 166 valence electrons. The molecule has 1 heterocycles. The molecule has 0 atom stereocenters. The van der Waals surface area contributed by atoms with Crippen molar-refractivity contribution in [2.75, 3.05) is 0 Å². The van der Waals surface area contributed by atoms with Crippen LogP contribution in [0, 0.1) is 0 Å². The molecule has 0 saturated heterocycles. The molecule has 0 aliphatic carbocycles. The van der Waals surface area contributed by atoms with Crippen LogP contribution in [0.25, 0.3) is 22.6 Å². The van der Waals surface area contributed by atoms with Gasteiger partial charge in [0.25, 0.3) is 0 Å². The lowest BCUT2D eigenvalue weighted by atomic mass is 9.87.